The largest absolute Gasteiger partial charge is 0.326 e. The number of carbonyl (C=O) groups excluding carboxylic acids is 3. The van der Waals surface area contributed by atoms with Gasteiger partial charge in [0.1, 0.15) is 0 Å². The van der Waals surface area contributed by atoms with Crippen LogP contribution in [0.4, 0.5) is 5.69 Å². The Labute approximate surface area is 172 Å². The Balaban J connectivity index is 1.41. The number of nitrogens with one attached hydrogen (secondary N) is 1. The highest BCUT2D eigenvalue weighted by atomic mass is 32.1. The van der Waals surface area contributed by atoms with Crippen molar-refractivity contribution in [2.24, 2.45) is 11.8 Å². The van der Waals surface area contributed by atoms with Crippen molar-refractivity contribution in [1.29, 1.82) is 0 Å². The summed E-state index contributed by atoms with van der Waals surface area (Å²) in [6, 6.07) is 5.43. The van der Waals surface area contributed by atoms with E-state index >= 15 is 0 Å². The zero-order valence-corrected chi connectivity index (χ0v) is 17.2. The van der Waals surface area contributed by atoms with E-state index in [2.05, 4.69) is 5.32 Å². The standard InChI is InChI=1S/C21H23N3O4S/c1-12(2)24-16-8-7-13(11-17(16)29-21(24)28)22-18(25)9-10-23-19(26)14-5-3-4-6-15(14)20(23)27/h3-4,7-8,11-12,14-15H,5-6,9-10H2,1-2H3,(H,22,25)/t14-,15+. The smallest absolute Gasteiger partial charge is 0.308 e. The average molecular weight is 413 g/mol. The minimum Gasteiger partial charge on any atom is -0.326 e. The lowest BCUT2D eigenvalue weighted by molar-refractivity contribution is -0.140. The number of nitrogens with zero attached hydrogens (tertiary/aromatic N) is 2. The summed E-state index contributed by atoms with van der Waals surface area (Å²) in [5.41, 5.74) is 1.44. The molecule has 2 aliphatic rings. The van der Waals surface area contributed by atoms with Gasteiger partial charge in [0.15, 0.2) is 0 Å². The van der Waals surface area contributed by atoms with Gasteiger partial charge in [0, 0.05) is 24.7 Å². The molecule has 2 heterocycles. The fraction of sp³-hybridized carbons (Fsp3) is 0.429. The second-order valence-electron chi connectivity index (χ2n) is 7.80. The molecule has 8 heteroatoms. The fourth-order valence-electron chi connectivity index (χ4n) is 4.13. The van der Waals surface area contributed by atoms with Crippen molar-refractivity contribution in [1.82, 2.24) is 9.47 Å². The van der Waals surface area contributed by atoms with Crippen LogP contribution in [-0.4, -0.2) is 33.7 Å². The van der Waals surface area contributed by atoms with Crippen LogP contribution in [0.1, 0.15) is 39.2 Å². The highest BCUT2D eigenvalue weighted by molar-refractivity contribution is 7.16. The molecule has 1 saturated heterocycles. The van der Waals surface area contributed by atoms with Crippen molar-refractivity contribution < 1.29 is 14.4 Å². The number of allylic oxidation sites excluding steroid dienone is 2. The number of aromatic nitrogens is 1. The van der Waals surface area contributed by atoms with Gasteiger partial charge in [0.2, 0.25) is 17.7 Å². The Bertz CT molecular complexity index is 1060. The summed E-state index contributed by atoms with van der Waals surface area (Å²) in [5.74, 6) is -1.15. The van der Waals surface area contributed by atoms with E-state index in [0.29, 0.717) is 18.5 Å². The van der Waals surface area contributed by atoms with E-state index in [1.165, 1.54) is 4.90 Å². The Hall–Kier alpha value is -2.74. The van der Waals surface area contributed by atoms with Crippen LogP contribution in [0.25, 0.3) is 10.2 Å². The molecule has 152 valence electrons. The van der Waals surface area contributed by atoms with E-state index in [0.717, 1.165) is 21.6 Å². The van der Waals surface area contributed by atoms with Crippen molar-refractivity contribution in [3.63, 3.8) is 0 Å². The molecule has 0 bridgehead atoms. The third-order valence-corrected chi connectivity index (χ3v) is 6.49. The molecule has 3 amide bonds. The number of amides is 3. The van der Waals surface area contributed by atoms with Gasteiger partial charge in [-0.2, -0.15) is 0 Å². The molecule has 1 aromatic heterocycles. The molecular formula is C21H23N3O4S. The summed E-state index contributed by atoms with van der Waals surface area (Å²) in [6.45, 7) is 4.00. The summed E-state index contributed by atoms with van der Waals surface area (Å²) < 4.78 is 2.53. The van der Waals surface area contributed by atoms with Gasteiger partial charge >= 0.3 is 4.87 Å². The molecule has 7 nitrogen and oxygen atoms in total. The number of rotatable bonds is 5. The molecule has 4 rings (SSSR count). The third kappa shape index (κ3) is 3.53. The molecule has 2 aromatic rings. The maximum Gasteiger partial charge on any atom is 0.308 e. The lowest BCUT2D eigenvalue weighted by Crippen LogP contribution is -2.34. The lowest BCUT2D eigenvalue weighted by atomic mass is 9.85. The first-order valence-corrected chi connectivity index (χ1v) is 10.6. The molecule has 2 atom stereocenters. The summed E-state index contributed by atoms with van der Waals surface area (Å²) in [5, 5.41) is 2.80. The maximum atomic E-state index is 12.5. The monoisotopic (exact) mass is 413 g/mol. The Morgan fingerprint density at radius 1 is 1.14 bits per heavy atom. The van der Waals surface area contributed by atoms with E-state index in [1.54, 1.807) is 16.7 Å². The van der Waals surface area contributed by atoms with Crippen LogP contribution in [0.15, 0.2) is 35.1 Å². The van der Waals surface area contributed by atoms with Gasteiger partial charge in [-0.3, -0.25) is 28.6 Å². The molecule has 1 fully saturated rings. The Kier molecular flexibility index (Phi) is 5.12. The van der Waals surface area contributed by atoms with E-state index in [4.69, 9.17) is 0 Å². The first-order valence-electron chi connectivity index (χ1n) is 9.82. The van der Waals surface area contributed by atoms with Crippen molar-refractivity contribution in [2.75, 3.05) is 11.9 Å². The molecular weight excluding hydrogens is 390 g/mol. The SMILES string of the molecule is CC(C)n1c(=O)sc2cc(NC(=O)CCN3C(=O)[C@H]4CC=CC[C@H]4C3=O)ccc21. The van der Waals surface area contributed by atoms with Gasteiger partial charge in [-0.1, -0.05) is 23.5 Å². The summed E-state index contributed by atoms with van der Waals surface area (Å²) >= 11 is 1.15. The third-order valence-electron chi connectivity index (χ3n) is 5.57. The zero-order valence-electron chi connectivity index (χ0n) is 16.4. The zero-order chi connectivity index (χ0) is 20.7. The van der Waals surface area contributed by atoms with Crippen LogP contribution < -0.4 is 10.2 Å². The van der Waals surface area contributed by atoms with Gasteiger partial charge in [-0.15, -0.1) is 0 Å². The van der Waals surface area contributed by atoms with E-state index in [-0.39, 0.29) is 53.4 Å². The highest BCUT2D eigenvalue weighted by Gasteiger charge is 2.46. The normalized spacial score (nSPS) is 21.3. The minimum absolute atomic E-state index is 0.0273. The predicted octanol–water partition coefficient (Wildman–Crippen LogP) is 2.92. The number of anilines is 1. The van der Waals surface area contributed by atoms with Crippen LogP contribution >= 0.6 is 11.3 Å². The Morgan fingerprint density at radius 2 is 1.79 bits per heavy atom. The van der Waals surface area contributed by atoms with Gasteiger partial charge in [0.05, 0.1) is 22.1 Å². The van der Waals surface area contributed by atoms with E-state index in [9.17, 15) is 19.2 Å². The number of thiazole rings is 1. The molecule has 1 N–H and O–H groups in total. The maximum absolute atomic E-state index is 12.5. The van der Waals surface area contributed by atoms with Crippen molar-refractivity contribution in [3.05, 3.63) is 40.0 Å². The number of fused-ring (bicyclic) bond motifs is 2. The number of hydrogen-bond acceptors (Lipinski definition) is 5. The molecule has 29 heavy (non-hydrogen) atoms. The first kappa shape index (κ1) is 19.6. The van der Waals surface area contributed by atoms with Crippen LogP contribution in [0.2, 0.25) is 0 Å². The van der Waals surface area contributed by atoms with Crippen molar-refractivity contribution >= 4 is 45.0 Å². The van der Waals surface area contributed by atoms with Crippen LogP contribution in [0.5, 0.6) is 0 Å². The molecule has 0 radical (unpaired) electrons. The second kappa shape index (κ2) is 7.59. The van der Waals surface area contributed by atoms with Crippen molar-refractivity contribution in [3.8, 4) is 0 Å². The van der Waals surface area contributed by atoms with Gasteiger partial charge < -0.3 is 5.32 Å². The Morgan fingerprint density at radius 3 is 2.41 bits per heavy atom. The summed E-state index contributed by atoms with van der Waals surface area (Å²) in [6.07, 6.45) is 5.12. The molecule has 1 aliphatic heterocycles. The van der Waals surface area contributed by atoms with Gasteiger partial charge in [-0.25, -0.2) is 0 Å². The average Bonchev–Trinajstić information content (AvgIpc) is 3.14. The molecule has 0 unspecified atom stereocenters. The molecule has 0 spiro atoms. The summed E-state index contributed by atoms with van der Waals surface area (Å²) in [7, 11) is 0. The quantitative estimate of drug-likeness (QED) is 0.603. The topological polar surface area (TPSA) is 88.5 Å². The lowest BCUT2D eigenvalue weighted by Gasteiger charge is -2.14. The molecule has 0 saturated carbocycles. The van der Waals surface area contributed by atoms with Crippen LogP contribution in [0, 0.1) is 11.8 Å². The minimum atomic E-state index is -0.272. The van der Waals surface area contributed by atoms with Gasteiger partial charge in [-0.05, 0) is 44.9 Å². The fourth-order valence-corrected chi connectivity index (χ4v) is 5.18. The number of carbonyl (C=O) groups is 3. The summed E-state index contributed by atoms with van der Waals surface area (Å²) in [4.78, 5) is 50.7. The second-order valence-corrected chi connectivity index (χ2v) is 8.79. The van der Waals surface area contributed by atoms with Crippen LogP contribution in [0.3, 0.4) is 0 Å². The number of likely N-dealkylation sites (tertiary alicyclic amines) is 1. The molecule has 1 aromatic carbocycles. The number of hydrogen-bond donors (Lipinski definition) is 1. The number of imide groups is 1. The van der Waals surface area contributed by atoms with Gasteiger partial charge in [0.25, 0.3) is 0 Å². The molecule has 1 aliphatic carbocycles. The predicted molar refractivity (Wildman–Crippen MR) is 112 cm³/mol. The number of benzene rings is 1. The van der Waals surface area contributed by atoms with Crippen LogP contribution in [-0.2, 0) is 14.4 Å². The first-order chi connectivity index (χ1) is 13.9. The van der Waals surface area contributed by atoms with Crippen molar-refractivity contribution in [2.45, 2.75) is 39.2 Å². The van der Waals surface area contributed by atoms with E-state index in [1.807, 2.05) is 32.1 Å². The highest BCUT2D eigenvalue weighted by Crippen LogP contribution is 2.35. The van der Waals surface area contributed by atoms with E-state index < -0.39 is 0 Å².